The average Bonchev–Trinajstić information content (AvgIpc) is 2.30. The minimum absolute atomic E-state index is 0.176. The van der Waals surface area contributed by atoms with Crippen LogP contribution in [-0.4, -0.2) is 17.7 Å². The first-order valence-electron chi connectivity index (χ1n) is 6.26. The highest BCUT2D eigenvalue weighted by atomic mass is 16.5. The Bertz CT molecular complexity index is 432. The lowest BCUT2D eigenvalue weighted by atomic mass is 9.97. The molecule has 0 N–H and O–H groups in total. The second kappa shape index (κ2) is 6.31. The molecule has 0 radical (unpaired) electrons. The third-order valence-electron chi connectivity index (χ3n) is 2.64. The summed E-state index contributed by atoms with van der Waals surface area (Å²) in [4.78, 5) is 18.8. The lowest BCUT2D eigenvalue weighted by molar-refractivity contribution is 0.325. The number of hydrogen-bond acceptors (Lipinski definition) is 4. The van der Waals surface area contributed by atoms with Crippen LogP contribution in [0.4, 0.5) is 5.69 Å². The molecule has 0 bridgehead atoms. The second-order valence-corrected chi connectivity index (χ2v) is 4.73. The molecule has 4 nitrogen and oxygen atoms in total. The SMILES string of the molecule is CCOc1cc(C(C)C)c(N=C=O)c(C(C)C)n1. The molecule has 0 atom stereocenters. The predicted octanol–water partition coefficient (Wildman–Crippen LogP) is 3.69. The number of hydrogen-bond donors (Lipinski definition) is 0. The number of aromatic nitrogens is 1. The molecule has 1 aromatic rings. The van der Waals surface area contributed by atoms with E-state index in [4.69, 9.17) is 4.74 Å². The molecule has 0 amide bonds. The molecule has 1 aromatic heterocycles. The molecule has 0 aromatic carbocycles. The Kier molecular flexibility index (Phi) is 5.05. The van der Waals surface area contributed by atoms with Gasteiger partial charge in [0.1, 0.15) is 5.69 Å². The summed E-state index contributed by atoms with van der Waals surface area (Å²) in [5.41, 5.74) is 2.40. The zero-order chi connectivity index (χ0) is 13.7. The number of ether oxygens (including phenoxy) is 1. The van der Waals surface area contributed by atoms with Crippen molar-refractivity contribution in [3.8, 4) is 5.88 Å². The summed E-state index contributed by atoms with van der Waals surface area (Å²) < 4.78 is 5.47. The third kappa shape index (κ3) is 3.17. The molecule has 0 aliphatic rings. The van der Waals surface area contributed by atoms with Crippen LogP contribution in [0.15, 0.2) is 11.1 Å². The highest BCUT2D eigenvalue weighted by molar-refractivity contribution is 5.59. The van der Waals surface area contributed by atoms with Gasteiger partial charge in [-0.25, -0.2) is 9.78 Å². The van der Waals surface area contributed by atoms with Gasteiger partial charge in [0.15, 0.2) is 0 Å². The van der Waals surface area contributed by atoms with Crippen molar-refractivity contribution in [2.24, 2.45) is 4.99 Å². The monoisotopic (exact) mass is 248 g/mol. The third-order valence-corrected chi connectivity index (χ3v) is 2.64. The molecule has 0 unspecified atom stereocenters. The minimum Gasteiger partial charge on any atom is -0.478 e. The topological polar surface area (TPSA) is 51.5 Å². The van der Waals surface area contributed by atoms with Crippen molar-refractivity contribution in [1.82, 2.24) is 4.98 Å². The van der Waals surface area contributed by atoms with Gasteiger partial charge in [0, 0.05) is 6.07 Å². The van der Waals surface area contributed by atoms with Crippen molar-refractivity contribution in [2.75, 3.05) is 6.61 Å². The zero-order valence-corrected chi connectivity index (χ0v) is 11.7. The van der Waals surface area contributed by atoms with Gasteiger partial charge in [0.25, 0.3) is 0 Å². The summed E-state index contributed by atoms with van der Waals surface area (Å²) in [5.74, 6) is 1.02. The number of rotatable bonds is 5. The van der Waals surface area contributed by atoms with Gasteiger partial charge in [-0.1, -0.05) is 27.7 Å². The summed E-state index contributed by atoms with van der Waals surface area (Å²) in [5, 5.41) is 0. The summed E-state index contributed by atoms with van der Waals surface area (Å²) in [7, 11) is 0. The minimum atomic E-state index is 0.176. The van der Waals surface area contributed by atoms with Crippen molar-refractivity contribution in [1.29, 1.82) is 0 Å². The smallest absolute Gasteiger partial charge is 0.240 e. The van der Waals surface area contributed by atoms with Gasteiger partial charge < -0.3 is 4.74 Å². The lowest BCUT2D eigenvalue weighted by Gasteiger charge is -2.16. The van der Waals surface area contributed by atoms with Gasteiger partial charge >= 0.3 is 0 Å². The molecule has 1 heterocycles. The van der Waals surface area contributed by atoms with Gasteiger partial charge in [-0.3, -0.25) is 0 Å². The van der Waals surface area contributed by atoms with Crippen molar-refractivity contribution >= 4 is 11.8 Å². The molecule has 4 heteroatoms. The molecule has 18 heavy (non-hydrogen) atoms. The molecule has 0 fully saturated rings. The lowest BCUT2D eigenvalue weighted by Crippen LogP contribution is -2.03. The zero-order valence-electron chi connectivity index (χ0n) is 11.7. The quantitative estimate of drug-likeness (QED) is 0.589. The van der Waals surface area contributed by atoms with Crippen LogP contribution in [0.2, 0.25) is 0 Å². The summed E-state index contributed by atoms with van der Waals surface area (Å²) in [6, 6.07) is 1.86. The fourth-order valence-electron chi connectivity index (χ4n) is 1.79. The molecule has 0 aliphatic heterocycles. The van der Waals surface area contributed by atoms with Crippen molar-refractivity contribution < 1.29 is 9.53 Å². The Labute approximate surface area is 108 Å². The highest BCUT2D eigenvalue weighted by Crippen LogP contribution is 2.35. The second-order valence-electron chi connectivity index (χ2n) is 4.73. The Morgan fingerprint density at radius 1 is 1.33 bits per heavy atom. The molecule has 1 rings (SSSR count). The van der Waals surface area contributed by atoms with E-state index in [1.807, 2.05) is 26.8 Å². The van der Waals surface area contributed by atoms with Crippen LogP contribution in [0.1, 0.15) is 57.7 Å². The van der Waals surface area contributed by atoms with Crippen LogP contribution in [0.5, 0.6) is 5.88 Å². The van der Waals surface area contributed by atoms with Crippen LogP contribution in [0, 0.1) is 0 Å². The summed E-state index contributed by atoms with van der Waals surface area (Å²) >= 11 is 0. The standard InChI is InChI=1S/C14H20N2O2/c1-6-18-12-7-11(9(2)3)14(15-8-17)13(16-12)10(4)5/h7,9-10H,6H2,1-5H3. The van der Waals surface area contributed by atoms with Crippen LogP contribution < -0.4 is 4.74 Å². The maximum absolute atomic E-state index is 10.6. The first-order valence-corrected chi connectivity index (χ1v) is 6.26. The van der Waals surface area contributed by atoms with E-state index in [-0.39, 0.29) is 11.8 Å². The van der Waals surface area contributed by atoms with E-state index in [1.165, 1.54) is 0 Å². The first kappa shape index (κ1) is 14.4. The Morgan fingerprint density at radius 3 is 2.44 bits per heavy atom. The Balaban J connectivity index is 3.49. The van der Waals surface area contributed by atoms with E-state index in [2.05, 4.69) is 23.8 Å². The van der Waals surface area contributed by atoms with E-state index >= 15 is 0 Å². The number of nitrogens with zero attached hydrogens (tertiary/aromatic N) is 2. The molecule has 0 spiro atoms. The van der Waals surface area contributed by atoms with Crippen molar-refractivity contribution in [3.63, 3.8) is 0 Å². The molecule has 0 aliphatic carbocycles. The van der Waals surface area contributed by atoms with Crippen LogP contribution in [0.25, 0.3) is 0 Å². The maximum Gasteiger partial charge on any atom is 0.240 e. The molecular formula is C14H20N2O2. The van der Waals surface area contributed by atoms with Crippen LogP contribution in [0.3, 0.4) is 0 Å². The number of aliphatic imine (C=N–C) groups is 1. The maximum atomic E-state index is 10.6. The predicted molar refractivity (Wildman–Crippen MR) is 71.4 cm³/mol. The van der Waals surface area contributed by atoms with E-state index < -0.39 is 0 Å². The van der Waals surface area contributed by atoms with Crippen LogP contribution >= 0.6 is 0 Å². The van der Waals surface area contributed by atoms with E-state index in [0.29, 0.717) is 18.2 Å². The van der Waals surface area contributed by atoms with Gasteiger partial charge in [-0.05, 0) is 24.3 Å². The van der Waals surface area contributed by atoms with Crippen molar-refractivity contribution in [2.45, 2.75) is 46.5 Å². The van der Waals surface area contributed by atoms with E-state index in [9.17, 15) is 4.79 Å². The van der Waals surface area contributed by atoms with Gasteiger partial charge in [-0.15, -0.1) is 0 Å². The molecule has 98 valence electrons. The van der Waals surface area contributed by atoms with E-state index in [1.54, 1.807) is 6.08 Å². The van der Waals surface area contributed by atoms with Gasteiger partial charge in [0.2, 0.25) is 12.0 Å². The van der Waals surface area contributed by atoms with Crippen LogP contribution in [-0.2, 0) is 4.79 Å². The fourth-order valence-corrected chi connectivity index (χ4v) is 1.79. The summed E-state index contributed by atoms with van der Waals surface area (Å²) in [6.45, 7) is 10.6. The molecule has 0 saturated heterocycles. The van der Waals surface area contributed by atoms with Crippen molar-refractivity contribution in [3.05, 3.63) is 17.3 Å². The first-order chi connectivity index (χ1) is 8.51. The normalized spacial score (nSPS) is 10.6. The number of isocyanates is 1. The fraction of sp³-hybridized carbons (Fsp3) is 0.571. The Morgan fingerprint density at radius 2 is 2.00 bits per heavy atom. The van der Waals surface area contributed by atoms with Gasteiger partial charge in [-0.2, -0.15) is 4.99 Å². The largest absolute Gasteiger partial charge is 0.478 e. The average molecular weight is 248 g/mol. The summed E-state index contributed by atoms with van der Waals surface area (Å²) in [6.07, 6.45) is 1.62. The van der Waals surface area contributed by atoms with E-state index in [0.717, 1.165) is 11.3 Å². The number of pyridine rings is 1. The molecule has 0 saturated carbocycles. The molecular weight excluding hydrogens is 228 g/mol. The Hall–Kier alpha value is -1.67. The number of carbonyl (C=O) groups excluding carboxylic acids is 1. The highest BCUT2D eigenvalue weighted by Gasteiger charge is 2.17. The van der Waals surface area contributed by atoms with Gasteiger partial charge in [0.05, 0.1) is 12.3 Å².